The number of carbonyl (C=O) groups is 2. The van der Waals surface area contributed by atoms with Gasteiger partial charge in [-0.15, -0.1) is 0 Å². The molecule has 1 fully saturated rings. The van der Waals surface area contributed by atoms with Gasteiger partial charge in [0.25, 0.3) is 0 Å². The van der Waals surface area contributed by atoms with E-state index < -0.39 is 0 Å². The molecule has 1 aromatic carbocycles. The highest BCUT2D eigenvalue weighted by Gasteiger charge is 2.24. The smallest absolute Gasteiger partial charge is 0.217 e. The minimum Gasteiger partial charge on any atom is -0.367 e. The molecule has 29 heavy (non-hydrogen) atoms. The van der Waals surface area contributed by atoms with Gasteiger partial charge in [0.1, 0.15) is 17.8 Å². The lowest BCUT2D eigenvalue weighted by Crippen LogP contribution is -2.39. The van der Waals surface area contributed by atoms with Gasteiger partial charge in [0.15, 0.2) is 5.78 Å². The second-order valence-corrected chi connectivity index (χ2v) is 7.76. The number of halogens is 1. The van der Waals surface area contributed by atoms with Crippen molar-refractivity contribution in [1.29, 1.82) is 0 Å². The fourth-order valence-electron chi connectivity index (χ4n) is 3.90. The van der Waals surface area contributed by atoms with Gasteiger partial charge in [0.05, 0.1) is 16.0 Å². The molecule has 4 rings (SSSR count). The molecular weight excluding hydrogens is 390 g/mol. The van der Waals surface area contributed by atoms with Crippen LogP contribution in [0.5, 0.6) is 0 Å². The minimum atomic E-state index is -0.172. The molecule has 3 aromatic rings. The Balaban J connectivity index is 1.58. The van der Waals surface area contributed by atoms with E-state index in [4.69, 9.17) is 11.6 Å². The van der Waals surface area contributed by atoms with Crippen LogP contribution >= 0.6 is 11.6 Å². The summed E-state index contributed by atoms with van der Waals surface area (Å²) in [4.78, 5) is 36.1. The lowest BCUT2D eigenvalue weighted by atomic mass is 9.91. The normalized spacial score (nSPS) is 19.1. The third-order valence-electron chi connectivity index (χ3n) is 5.31. The Bertz CT molecular complexity index is 1060. The van der Waals surface area contributed by atoms with Gasteiger partial charge in [-0.1, -0.05) is 23.7 Å². The Labute approximate surface area is 173 Å². The van der Waals surface area contributed by atoms with E-state index in [0.29, 0.717) is 33.0 Å². The van der Waals surface area contributed by atoms with Gasteiger partial charge in [0.2, 0.25) is 5.91 Å². The Kier molecular flexibility index (Phi) is 5.49. The number of amides is 1. The van der Waals surface area contributed by atoms with Crippen molar-refractivity contribution in [3.8, 4) is 0 Å². The summed E-state index contributed by atoms with van der Waals surface area (Å²) in [6.07, 6.45) is 6.77. The summed E-state index contributed by atoms with van der Waals surface area (Å²) in [5.74, 6) is 0.470. The van der Waals surface area contributed by atoms with E-state index in [1.807, 2.05) is 0 Å². The van der Waals surface area contributed by atoms with Gasteiger partial charge in [-0.3, -0.25) is 9.59 Å². The van der Waals surface area contributed by atoms with E-state index in [-0.39, 0.29) is 23.8 Å². The number of hydrogen-bond acceptors (Lipinski definition) is 5. The third kappa shape index (κ3) is 4.10. The molecule has 0 radical (unpaired) electrons. The van der Waals surface area contributed by atoms with E-state index in [1.165, 1.54) is 6.33 Å². The molecule has 1 aliphatic rings. The Morgan fingerprint density at radius 2 is 1.79 bits per heavy atom. The van der Waals surface area contributed by atoms with Crippen molar-refractivity contribution in [1.82, 2.24) is 20.3 Å². The van der Waals surface area contributed by atoms with Crippen LogP contribution in [0.4, 0.5) is 5.82 Å². The number of ketones is 1. The molecule has 2 heterocycles. The molecule has 8 heteroatoms. The van der Waals surface area contributed by atoms with Crippen LogP contribution in [-0.4, -0.2) is 38.7 Å². The summed E-state index contributed by atoms with van der Waals surface area (Å²) >= 11 is 6.22. The average molecular weight is 412 g/mol. The van der Waals surface area contributed by atoms with Crippen molar-refractivity contribution >= 4 is 40.1 Å². The van der Waals surface area contributed by atoms with E-state index in [2.05, 4.69) is 25.6 Å². The maximum Gasteiger partial charge on any atom is 0.217 e. The van der Waals surface area contributed by atoms with Gasteiger partial charge in [-0.05, 0) is 37.8 Å². The lowest BCUT2D eigenvalue weighted by molar-refractivity contribution is -0.119. The largest absolute Gasteiger partial charge is 0.367 e. The number of nitrogens with one attached hydrogen (secondary N) is 3. The van der Waals surface area contributed by atoms with Crippen LogP contribution < -0.4 is 10.6 Å². The van der Waals surface area contributed by atoms with E-state index in [1.54, 1.807) is 37.4 Å². The number of fused-ring (bicyclic) bond motifs is 1. The van der Waals surface area contributed by atoms with Crippen molar-refractivity contribution in [3.63, 3.8) is 0 Å². The molecule has 0 atom stereocenters. The number of nitrogens with zero attached hydrogens (tertiary/aromatic N) is 2. The SMILES string of the molecule is CC(=O)NC1CCC(Nc2ncnc3[nH]cc(C(=O)c4ccccc4Cl)c23)CC1. The molecule has 0 saturated heterocycles. The summed E-state index contributed by atoms with van der Waals surface area (Å²) in [5, 5.41) is 7.54. The topological polar surface area (TPSA) is 99.8 Å². The number of carbonyl (C=O) groups excluding carboxylic acids is 2. The van der Waals surface area contributed by atoms with Gasteiger partial charge >= 0.3 is 0 Å². The van der Waals surface area contributed by atoms with E-state index in [0.717, 1.165) is 25.7 Å². The number of rotatable bonds is 5. The molecular formula is C21H22ClN5O2. The summed E-state index contributed by atoms with van der Waals surface area (Å²) in [6, 6.07) is 7.44. The molecule has 7 nitrogen and oxygen atoms in total. The molecule has 0 spiro atoms. The van der Waals surface area contributed by atoms with Crippen molar-refractivity contribution in [2.75, 3.05) is 5.32 Å². The molecule has 1 aliphatic carbocycles. The first kappa shape index (κ1) is 19.4. The number of aromatic nitrogens is 3. The molecule has 0 bridgehead atoms. The predicted octanol–water partition coefficient (Wildman–Crippen LogP) is 3.70. The Morgan fingerprint density at radius 1 is 1.07 bits per heavy atom. The number of anilines is 1. The first-order valence-electron chi connectivity index (χ1n) is 9.68. The number of benzene rings is 1. The first-order chi connectivity index (χ1) is 14.0. The summed E-state index contributed by atoms with van der Waals surface area (Å²) in [7, 11) is 0. The molecule has 3 N–H and O–H groups in total. The minimum absolute atomic E-state index is 0.00830. The van der Waals surface area contributed by atoms with Crippen molar-refractivity contribution in [2.45, 2.75) is 44.7 Å². The van der Waals surface area contributed by atoms with Crippen LogP contribution in [0.3, 0.4) is 0 Å². The average Bonchev–Trinajstić information content (AvgIpc) is 3.14. The third-order valence-corrected chi connectivity index (χ3v) is 5.64. The summed E-state index contributed by atoms with van der Waals surface area (Å²) in [6.45, 7) is 1.55. The Hall–Kier alpha value is -2.93. The zero-order chi connectivity index (χ0) is 20.4. The number of hydrogen-bond donors (Lipinski definition) is 3. The molecule has 1 saturated carbocycles. The van der Waals surface area contributed by atoms with Crippen LogP contribution in [0.2, 0.25) is 5.02 Å². The standard InChI is InChI=1S/C21H22ClN5O2/c1-12(28)26-13-6-8-14(9-7-13)27-21-18-16(10-23-20(18)24-11-25-21)19(29)15-4-2-3-5-17(15)22/h2-5,10-11,13-14H,6-9H2,1H3,(H,26,28)(H2,23,24,25,27). The Morgan fingerprint density at radius 3 is 2.52 bits per heavy atom. The quantitative estimate of drug-likeness (QED) is 0.556. The number of aromatic amines is 1. The van der Waals surface area contributed by atoms with Crippen LogP contribution in [0, 0.1) is 0 Å². The molecule has 0 unspecified atom stereocenters. The fourth-order valence-corrected chi connectivity index (χ4v) is 4.13. The second-order valence-electron chi connectivity index (χ2n) is 7.35. The summed E-state index contributed by atoms with van der Waals surface area (Å²) < 4.78 is 0. The first-order valence-corrected chi connectivity index (χ1v) is 10.1. The highest BCUT2D eigenvalue weighted by molar-refractivity contribution is 6.35. The summed E-state index contributed by atoms with van der Waals surface area (Å²) in [5.41, 5.74) is 1.54. The van der Waals surface area contributed by atoms with Crippen molar-refractivity contribution < 1.29 is 9.59 Å². The van der Waals surface area contributed by atoms with Crippen LogP contribution in [0.1, 0.15) is 48.5 Å². The van der Waals surface area contributed by atoms with E-state index >= 15 is 0 Å². The molecule has 2 aromatic heterocycles. The highest BCUT2D eigenvalue weighted by Crippen LogP contribution is 2.30. The van der Waals surface area contributed by atoms with Crippen molar-refractivity contribution in [2.24, 2.45) is 0 Å². The van der Waals surface area contributed by atoms with Crippen LogP contribution in [-0.2, 0) is 4.79 Å². The van der Waals surface area contributed by atoms with Gasteiger partial charge in [-0.25, -0.2) is 9.97 Å². The number of H-pyrrole nitrogens is 1. The maximum atomic E-state index is 13.1. The highest BCUT2D eigenvalue weighted by atomic mass is 35.5. The van der Waals surface area contributed by atoms with Gasteiger partial charge in [-0.2, -0.15) is 0 Å². The van der Waals surface area contributed by atoms with Gasteiger partial charge < -0.3 is 15.6 Å². The monoisotopic (exact) mass is 411 g/mol. The van der Waals surface area contributed by atoms with Crippen LogP contribution in [0.25, 0.3) is 11.0 Å². The molecule has 1 amide bonds. The zero-order valence-electron chi connectivity index (χ0n) is 16.0. The lowest BCUT2D eigenvalue weighted by Gasteiger charge is -2.29. The van der Waals surface area contributed by atoms with E-state index in [9.17, 15) is 9.59 Å². The van der Waals surface area contributed by atoms with Crippen molar-refractivity contribution in [3.05, 3.63) is 52.9 Å². The predicted molar refractivity (Wildman–Crippen MR) is 112 cm³/mol. The molecule has 150 valence electrons. The van der Waals surface area contributed by atoms with Gasteiger partial charge in [0, 0.05) is 30.8 Å². The molecule has 0 aliphatic heterocycles. The second kappa shape index (κ2) is 8.21. The fraction of sp³-hybridized carbons (Fsp3) is 0.333. The zero-order valence-corrected chi connectivity index (χ0v) is 16.8. The maximum absolute atomic E-state index is 13.1. The van der Waals surface area contributed by atoms with Crippen LogP contribution in [0.15, 0.2) is 36.8 Å².